The number of carbonyl (C=O) groups is 1. The lowest BCUT2D eigenvalue weighted by atomic mass is 10.1. The van der Waals surface area contributed by atoms with Crippen LogP contribution in [0, 0.1) is 0 Å². The van der Waals surface area contributed by atoms with Crippen LogP contribution in [0.1, 0.15) is 17.0 Å². The fourth-order valence-corrected chi connectivity index (χ4v) is 3.11. The molecule has 0 saturated carbocycles. The second-order valence-corrected chi connectivity index (χ2v) is 6.28. The van der Waals surface area contributed by atoms with Crippen molar-refractivity contribution in [2.75, 3.05) is 0 Å². The standard InChI is InChI=1S/C22H19N3O2/c26-22(27-16-19-8-4-6-12-24-19)13-17-14-25(15-18-7-3-5-11-23-18)21-10-2-1-9-20(17)21/h1-12,14H,13,15-16H2. The van der Waals surface area contributed by atoms with E-state index < -0.39 is 0 Å². The largest absolute Gasteiger partial charge is 0.459 e. The Morgan fingerprint density at radius 3 is 2.33 bits per heavy atom. The molecule has 0 aliphatic rings. The van der Waals surface area contributed by atoms with Crippen molar-refractivity contribution < 1.29 is 9.53 Å². The molecule has 4 rings (SSSR count). The molecule has 0 aliphatic heterocycles. The van der Waals surface area contributed by atoms with Crippen molar-refractivity contribution in [2.45, 2.75) is 19.6 Å². The van der Waals surface area contributed by atoms with E-state index in [1.807, 2.05) is 60.8 Å². The van der Waals surface area contributed by atoms with Crippen LogP contribution in [0.15, 0.2) is 79.3 Å². The molecule has 0 amide bonds. The summed E-state index contributed by atoms with van der Waals surface area (Å²) < 4.78 is 7.51. The number of nitrogens with zero attached hydrogens (tertiary/aromatic N) is 3. The van der Waals surface area contributed by atoms with Gasteiger partial charge in [-0.1, -0.05) is 30.3 Å². The smallest absolute Gasteiger partial charge is 0.310 e. The van der Waals surface area contributed by atoms with Crippen LogP contribution in [-0.4, -0.2) is 20.5 Å². The molecule has 5 heteroatoms. The maximum Gasteiger partial charge on any atom is 0.310 e. The molecular formula is C22H19N3O2. The van der Waals surface area contributed by atoms with Crippen LogP contribution in [0.2, 0.25) is 0 Å². The number of hydrogen-bond donors (Lipinski definition) is 0. The Morgan fingerprint density at radius 1 is 0.889 bits per heavy atom. The summed E-state index contributed by atoms with van der Waals surface area (Å²) in [6.45, 7) is 0.844. The van der Waals surface area contributed by atoms with Crippen LogP contribution < -0.4 is 0 Å². The summed E-state index contributed by atoms with van der Waals surface area (Å²) in [5, 5.41) is 1.06. The van der Waals surface area contributed by atoms with Gasteiger partial charge in [0.2, 0.25) is 0 Å². The van der Waals surface area contributed by atoms with Crippen molar-refractivity contribution in [1.29, 1.82) is 0 Å². The Labute approximate surface area is 157 Å². The van der Waals surface area contributed by atoms with Gasteiger partial charge >= 0.3 is 5.97 Å². The third-order valence-electron chi connectivity index (χ3n) is 4.37. The first-order valence-electron chi connectivity index (χ1n) is 8.82. The van der Waals surface area contributed by atoms with Crippen molar-refractivity contribution in [2.24, 2.45) is 0 Å². The Kier molecular flexibility index (Phi) is 4.92. The van der Waals surface area contributed by atoms with Gasteiger partial charge in [0.15, 0.2) is 0 Å². The van der Waals surface area contributed by atoms with Crippen LogP contribution in [0.3, 0.4) is 0 Å². The van der Waals surface area contributed by atoms with Crippen LogP contribution in [-0.2, 0) is 29.1 Å². The van der Waals surface area contributed by atoms with Gasteiger partial charge in [-0.25, -0.2) is 0 Å². The zero-order valence-electron chi connectivity index (χ0n) is 14.8. The zero-order valence-corrected chi connectivity index (χ0v) is 14.8. The summed E-state index contributed by atoms with van der Waals surface area (Å²) in [4.78, 5) is 20.9. The lowest BCUT2D eigenvalue weighted by Crippen LogP contribution is -2.08. The summed E-state index contributed by atoms with van der Waals surface area (Å²) in [7, 11) is 0. The Bertz CT molecular complexity index is 1040. The summed E-state index contributed by atoms with van der Waals surface area (Å²) >= 11 is 0. The van der Waals surface area contributed by atoms with Gasteiger partial charge in [-0.05, 0) is 35.9 Å². The van der Waals surface area contributed by atoms with Gasteiger partial charge in [0, 0.05) is 29.5 Å². The molecule has 4 aromatic rings. The monoisotopic (exact) mass is 357 g/mol. The Balaban J connectivity index is 1.52. The highest BCUT2D eigenvalue weighted by Crippen LogP contribution is 2.23. The molecule has 27 heavy (non-hydrogen) atoms. The maximum atomic E-state index is 12.3. The normalized spacial score (nSPS) is 10.8. The number of fused-ring (bicyclic) bond motifs is 1. The molecule has 1 aromatic carbocycles. The van der Waals surface area contributed by atoms with Crippen molar-refractivity contribution in [1.82, 2.24) is 14.5 Å². The van der Waals surface area contributed by atoms with Gasteiger partial charge in [-0.2, -0.15) is 0 Å². The van der Waals surface area contributed by atoms with Gasteiger partial charge in [-0.15, -0.1) is 0 Å². The van der Waals surface area contributed by atoms with E-state index >= 15 is 0 Å². The summed E-state index contributed by atoms with van der Waals surface area (Å²) in [5.41, 5.74) is 3.74. The van der Waals surface area contributed by atoms with E-state index in [9.17, 15) is 4.79 Å². The van der Waals surface area contributed by atoms with E-state index in [2.05, 4.69) is 20.6 Å². The van der Waals surface area contributed by atoms with Crippen LogP contribution in [0.5, 0.6) is 0 Å². The number of ether oxygens (including phenoxy) is 1. The molecule has 5 nitrogen and oxygen atoms in total. The minimum Gasteiger partial charge on any atom is -0.459 e. The average Bonchev–Trinajstić information content (AvgIpc) is 3.05. The fraction of sp³-hybridized carbons (Fsp3) is 0.136. The number of carbonyl (C=O) groups excluding carboxylic acids is 1. The Hall–Kier alpha value is -3.47. The molecule has 0 N–H and O–H groups in total. The van der Waals surface area contributed by atoms with Crippen molar-refractivity contribution in [3.8, 4) is 0 Å². The molecule has 3 heterocycles. The highest BCUT2D eigenvalue weighted by atomic mass is 16.5. The van der Waals surface area contributed by atoms with E-state index in [0.29, 0.717) is 6.54 Å². The second kappa shape index (κ2) is 7.83. The second-order valence-electron chi connectivity index (χ2n) is 6.28. The minimum atomic E-state index is -0.263. The quantitative estimate of drug-likeness (QED) is 0.493. The SMILES string of the molecule is O=C(Cc1cn(Cc2ccccn2)c2ccccc12)OCc1ccccn1. The highest BCUT2D eigenvalue weighted by Gasteiger charge is 2.13. The molecule has 134 valence electrons. The first kappa shape index (κ1) is 17.0. The lowest BCUT2D eigenvalue weighted by Gasteiger charge is -2.04. The minimum absolute atomic E-state index is 0.187. The number of para-hydroxylation sites is 1. The van der Waals surface area contributed by atoms with E-state index in [1.54, 1.807) is 12.4 Å². The van der Waals surface area contributed by atoms with Crippen LogP contribution in [0.25, 0.3) is 10.9 Å². The molecule has 0 unspecified atom stereocenters. The van der Waals surface area contributed by atoms with Gasteiger partial charge in [0.25, 0.3) is 0 Å². The van der Waals surface area contributed by atoms with Crippen LogP contribution in [0.4, 0.5) is 0 Å². The fourth-order valence-electron chi connectivity index (χ4n) is 3.11. The van der Waals surface area contributed by atoms with E-state index in [0.717, 1.165) is 27.9 Å². The average molecular weight is 357 g/mol. The number of rotatable bonds is 6. The summed E-state index contributed by atoms with van der Waals surface area (Å²) in [6.07, 6.45) is 5.72. The molecule has 0 spiro atoms. The third-order valence-corrected chi connectivity index (χ3v) is 4.37. The number of hydrogen-bond acceptors (Lipinski definition) is 4. The molecular weight excluding hydrogens is 338 g/mol. The van der Waals surface area contributed by atoms with E-state index in [-0.39, 0.29) is 19.0 Å². The lowest BCUT2D eigenvalue weighted by molar-refractivity contribution is -0.144. The number of esters is 1. The topological polar surface area (TPSA) is 57.0 Å². The van der Waals surface area contributed by atoms with Gasteiger partial charge < -0.3 is 9.30 Å². The maximum absolute atomic E-state index is 12.3. The molecule has 0 saturated heterocycles. The highest BCUT2D eigenvalue weighted by molar-refractivity contribution is 5.88. The zero-order chi connectivity index (χ0) is 18.5. The van der Waals surface area contributed by atoms with Crippen LogP contribution >= 0.6 is 0 Å². The molecule has 0 radical (unpaired) electrons. The summed E-state index contributed by atoms with van der Waals surface area (Å²) in [6, 6.07) is 19.5. The van der Waals surface area contributed by atoms with Gasteiger partial charge in [-0.3, -0.25) is 14.8 Å². The van der Waals surface area contributed by atoms with E-state index in [1.165, 1.54) is 0 Å². The van der Waals surface area contributed by atoms with Gasteiger partial charge in [0.1, 0.15) is 6.61 Å². The number of pyridine rings is 2. The first-order valence-corrected chi connectivity index (χ1v) is 8.82. The molecule has 3 aromatic heterocycles. The predicted octanol–water partition coefficient (Wildman–Crippen LogP) is 3.77. The van der Waals surface area contributed by atoms with Crippen molar-refractivity contribution >= 4 is 16.9 Å². The molecule has 0 aliphatic carbocycles. The molecule has 0 bridgehead atoms. The third kappa shape index (κ3) is 4.03. The van der Waals surface area contributed by atoms with Crippen molar-refractivity contribution in [3.63, 3.8) is 0 Å². The predicted molar refractivity (Wildman–Crippen MR) is 103 cm³/mol. The molecule has 0 fully saturated rings. The first-order chi connectivity index (χ1) is 13.3. The van der Waals surface area contributed by atoms with Crippen molar-refractivity contribution in [3.05, 3.63) is 96.2 Å². The number of benzene rings is 1. The number of aromatic nitrogens is 3. The Morgan fingerprint density at radius 2 is 1.59 bits per heavy atom. The summed E-state index contributed by atoms with van der Waals surface area (Å²) in [5.74, 6) is -0.263. The molecule has 0 atom stereocenters. The van der Waals surface area contributed by atoms with Gasteiger partial charge in [0.05, 0.1) is 24.4 Å². The van der Waals surface area contributed by atoms with E-state index in [4.69, 9.17) is 4.74 Å².